The molecule has 0 saturated carbocycles. The molecule has 0 atom stereocenters. The molecular formula is C20H16ClNO3S2. The van der Waals surface area contributed by atoms with Gasteiger partial charge < -0.3 is 9.84 Å². The highest BCUT2D eigenvalue weighted by molar-refractivity contribution is 8.27. The summed E-state index contributed by atoms with van der Waals surface area (Å²) in [7, 11) is 1.59. The minimum absolute atomic E-state index is 0.123. The Morgan fingerprint density at radius 2 is 1.96 bits per heavy atom. The molecule has 138 valence electrons. The largest absolute Gasteiger partial charge is 0.507 e. The van der Waals surface area contributed by atoms with Crippen LogP contribution >= 0.6 is 35.6 Å². The molecule has 0 aromatic heterocycles. The molecule has 1 amide bonds. The van der Waals surface area contributed by atoms with Crippen LogP contribution in [0.4, 0.5) is 5.69 Å². The predicted molar refractivity (Wildman–Crippen MR) is 116 cm³/mol. The first-order valence-corrected chi connectivity index (χ1v) is 9.58. The molecule has 1 N–H and O–H groups in total. The van der Waals surface area contributed by atoms with Gasteiger partial charge in [-0.1, -0.05) is 35.6 Å². The van der Waals surface area contributed by atoms with Crippen LogP contribution in [0.5, 0.6) is 11.5 Å². The van der Waals surface area contributed by atoms with E-state index < -0.39 is 0 Å². The summed E-state index contributed by atoms with van der Waals surface area (Å²) in [5, 5.41) is 10.5. The number of phenolic OH excluding ortho intramolecular Hbond substituents is 1. The minimum atomic E-state index is -0.182. The average molecular weight is 418 g/mol. The van der Waals surface area contributed by atoms with Crippen molar-refractivity contribution in [2.24, 2.45) is 0 Å². The number of halogens is 1. The van der Waals surface area contributed by atoms with Crippen LogP contribution < -0.4 is 9.64 Å². The molecule has 0 unspecified atom stereocenters. The van der Waals surface area contributed by atoms with Gasteiger partial charge in [0, 0.05) is 10.6 Å². The number of amides is 1. The van der Waals surface area contributed by atoms with Gasteiger partial charge in [-0.2, -0.15) is 0 Å². The summed E-state index contributed by atoms with van der Waals surface area (Å²) in [4.78, 5) is 14.8. The molecule has 1 saturated heterocycles. The van der Waals surface area contributed by atoms with Crippen molar-refractivity contribution in [3.63, 3.8) is 0 Å². The summed E-state index contributed by atoms with van der Waals surface area (Å²) in [6.07, 6.45) is 3.52. The number of phenols is 1. The number of carbonyl (C=O) groups is 1. The van der Waals surface area contributed by atoms with Gasteiger partial charge in [0.25, 0.3) is 5.91 Å². The van der Waals surface area contributed by atoms with Gasteiger partial charge in [0.05, 0.1) is 17.7 Å². The molecule has 7 heteroatoms. The van der Waals surface area contributed by atoms with Crippen LogP contribution in [0.2, 0.25) is 5.02 Å². The Morgan fingerprint density at radius 3 is 2.63 bits per heavy atom. The van der Waals surface area contributed by atoms with Gasteiger partial charge >= 0.3 is 0 Å². The molecular weight excluding hydrogens is 402 g/mol. The van der Waals surface area contributed by atoms with Crippen molar-refractivity contribution in [2.45, 2.75) is 6.92 Å². The zero-order chi connectivity index (χ0) is 19.6. The second kappa shape index (κ2) is 8.17. The summed E-state index contributed by atoms with van der Waals surface area (Å²) in [5.74, 6) is 0.649. The Kier molecular flexibility index (Phi) is 5.89. The van der Waals surface area contributed by atoms with Crippen molar-refractivity contribution in [1.29, 1.82) is 0 Å². The highest BCUT2D eigenvalue weighted by atomic mass is 35.5. The van der Waals surface area contributed by atoms with E-state index in [-0.39, 0.29) is 11.7 Å². The Morgan fingerprint density at radius 1 is 1.26 bits per heavy atom. The van der Waals surface area contributed by atoms with Crippen molar-refractivity contribution in [1.82, 2.24) is 0 Å². The minimum Gasteiger partial charge on any atom is -0.507 e. The fraction of sp³-hybridized carbons (Fsp3) is 0.100. The van der Waals surface area contributed by atoms with Crippen LogP contribution in [0.1, 0.15) is 12.5 Å². The number of anilines is 1. The number of thioether (sulfide) groups is 1. The number of rotatable bonds is 4. The molecule has 0 radical (unpaired) electrons. The molecule has 3 rings (SSSR count). The second-order valence-corrected chi connectivity index (χ2v) is 7.92. The number of ether oxygens (including phenoxy) is 1. The smallest absolute Gasteiger partial charge is 0.270 e. The van der Waals surface area contributed by atoms with Crippen LogP contribution in [-0.4, -0.2) is 22.4 Å². The number of allylic oxidation sites excluding steroid dienone is 2. The second-order valence-electron chi connectivity index (χ2n) is 5.81. The van der Waals surface area contributed by atoms with E-state index in [2.05, 4.69) is 0 Å². The standard InChI is InChI=1S/C20H16ClNO3S2/c1-12(9-13-11-14(21)3-8-17(13)23)10-18-19(24)22(20(26)27-18)15-4-6-16(25-2)7-5-15/h3-11,23H,1-2H3/b12-9+,18-10+. The summed E-state index contributed by atoms with van der Waals surface area (Å²) in [6, 6.07) is 12.0. The van der Waals surface area contributed by atoms with Gasteiger partial charge in [-0.3, -0.25) is 9.69 Å². The third-order valence-electron chi connectivity index (χ3n) is 3.86. The van der Waals surface area contributed by atoms with Crippen LogP contribution in [0.25, 0.3) is 6.08 Å². The van der Waals surface area contributed by atoms with E-state index in [4.69, 9.17) is 28.6 Å². The van der Waals surface area contributed by atoms with Crippen LogP contribution in [0, 0.1) is 0 Å². The van der Waals surface area contributed by atoms with Gasteiger partial charge in [0.15, 0.2) is 4.32 Å². The molecule has 0 spiro atoms. The summed E-state index contributed by atoms with van der Waals surface area (Å²) >= 11 is 12.6. The van der Waals surface area contributed by atoms with E-state index in [9.17, 15) is 9.90 Å². The maximum atomic E-state index is 12.8. The highest BCUT2D eigenvalue weighted by Gasteiger charge is 2.33. The first-order valence-electron chi connectivity index (χ1n) is 7.98. The Balaban J connectivity index is 1.86. The number of methoxy groups -OCH3 is 1. The summed E-state index contributed by atoms with van der Waals surface area (Å²) in [6.45, 7) is 1.85. The fourth-order valence-electron chi connectivity index (χ4n) is 2.56. The number of hydrogen-bond acceptors (Lipinski definition) is 5. The molecule has 1 fully saturated rings. The molecule has 2 aromatic carbocycles. The van der Waals surface area contributed by atoms with Crippen LogP contribution in [0.15, 0.2) is 59.0 Å². The number of nitrogens with zero attached hydrogens (tertiary/aromatic N) is 1. The lowest BCUT2D eigenvalue weighted by molar-refractivity contribution is -0.113. The Hall–Kier alpha value is -2.28. The Labute approximate surface area is 172 Å². The van der Waals surface area contributed by atoms with E-state index in [1.54, 1.807) is 55.7 Å². The lowest BCUT2D eigenvalue weighted by atomic mass is 10.1. The highest BCUT2D eigenvalue weighted by Crippen LogP contribution is 2.36. The van der Waals surface area contributed by atoms with Crippen molar-refractivity contribution in [3.8, 4) is 11.5 Å². The van der Waals surface area contributed by atoms with Crippen LogP contribution in [0.3, 0.4) is 0 Å². The number of thiocarbonyl (C=S) groups is 1. The van der Waals surface area contributed by atoms with Crippen molar-refractivity contribution >= 4 is 57.6 Å². The van der Waals surface area contributed by atoms with E-state index in [0.717, 1.165) is 5.57 Å². The lowest BCUT2D eigenvalue weighted by Crippen LogP contribution is -2.27. The molecule has 2 aromatic rings. The van der Waals surface area contributed by atoms with E-state index >= 15 is 0 Å². The number of benzene rings is 2. The third-order valence-corrected chi connectivity index (χ3v) is 5.39. The van der Waals surface area contributed by atoms with Gasteiger partial charge in [0.2, 0.25) is 0 Å². The topological polar surface area (TPSA) is 49.8 Å². The maximum absolute atomic E-state index is 12.8. The zero-order valence-electron chi connectivity index (χ0n) is 14.6. The van der Waals surface area contributed by atoms with E-state index in [1.165, 1.54) is 22.7 Å². The number of aromatic hydroxyl groups is 1. The van der Waals surface area contributed by atoms with Gasteiger partial charge in [-0.25, -0.2) is 0 Å². The first-order chi connectivity index (χ1) is 12.9. The summed E-state index contributed by atoms with van der Waals surface area (Å²) < 4.78 is 5.61. The normalized spacial score (nSPS) is 16.3. The predicted octanol–water partition coefficient (Wildman–Crippen LogP) is 5.41. The Bertz CT molecular complexity index is 968. The molecule has 1 aliphatic heterocycles. The van der Waals surface area contributed by atoms with Gasteiger partial charge in [-0.15, -0.1) is 0 Å². The maximum Gasteiger partial charge on any atom is 0.270 e. The molecule has 1 aliphatic rings. The monoisotopic (exact) mass is 417 g/mol. The zero-order valence-corrected chi connectivity index (χ0v) is 17.0. The number of hydrogen-bond donors (Lipinski definition) is 1. The molecule has 0 bridgehead atoms. The number of carbonyl (C=O) groups excluding carboxylic acids is 1. The van der Waals surface area contributed by atoms with Gasteiger partial charge in [-0.05, 0) is 67.1 Å². The SMILES string of the molecule is COc1ccc(N2C(=O)/C(=C\C(C)=C\c3cc(Cl)ccc3O)SC2=S)cc1. The molecule has 0 aliphatic carbocycles. The molecule has 1 heterocycles. The van der Waals surface area contributed by atoms with Crippen molar-refractivity contribution < 1.29 is 14.6 Å². The van der Waals surface area contributed by atoms with Crippen molar-refractivity contribution in [2.75, 3.05) is 12.0 Å². The average Bonchev–Trinajstić information content (AvgIpc) is 2.91. The van der Waals surface area contributed by atoms with Crippen LogP contribution in [-0.2, 0) is 4.79 Å². The first kappa shape index (κ1) is 19.5. The van der Waals surface area contributed by atoms with Crippen molar-refractivity contribution in [3.05, 3.63) is 69.6 Å². The summed E-state index contributed by atoms with van der Waals surface area (Å²) in [5.41, 5.74) is 2.07. The quantitative estimate of drug-likeness (QED) is 0.532. The molecule has 27 heavy (non-hydrogen) atoms. The van der Waals surface area contributed by atoms with E-state index in [1.807, 2.05) is 6.92 Å². The molecule has 4 nitrogen and oxygen atoms in total. The lowest BCUT2D eigenvalue weighted by Gasteiger charge is -2.14. The fourth-order valence-corrected chi connectivity index (χ4v) is 4.09. The third kappa shape index (κ3) is 4.35. The van der Waals surface area contributed by atoms with Gasteiger partial charge in [0.1, 0.15) is 11.5 Å². The van der Waals surface area contributed by atoms with E-state index in [0.29, 0.717) is 31.2 Å².